The first kappa shape index (κ1) is 15.0. The van der Waals surface area contributed by atoms with E-state index in [2.05, 4.69) is 0 Å². The van der Waals surface area contributed by atoms with Crippen molar-refractivity contribution in [3.05, 3.63) is 31.7 Å². The number of hydrogen-bond donors (Lipinski definition) is 0. The Morgan fingerprint density at radius 3 is 2.40 bits per heavy atom. The summed E-state index contributed by atoms with van der Waals surface area (Å²) in [6.45, 7) is 0. The van der Waals surface area contributed by atoms with Gasteiger partial charge in [0.2, 0.25) is 0 Å². The quantitative estimate of drug-likeness (QED) is 0.354. The van der Waals surface area contributed by atoms with Crippen molar-refractivity contribution in [1.29, 1.82) is 0 Å². The molecule has 2 aliphatic carbocycles. The molecule has 3 rings (SSSR count). The average Bonchev–Trinajstić information content (AvgIpc) is 2.98. The van der Waals surface area contributed by atoms with Crippen molar-refractivity contribution in [3.8, 4) is 0 Å². The summed E-state index contributed by atoms with van der Waals surface area (Å²) in [5, 5.41) is 0.946. The zero-order valence-electron chi connectivity index (χ0n) is 10.8. The number of rotatable bonds is 3. The van der Waals surface area contributed by atoms with Crippen molar-refractivity contribution in [1.82, 2.24) is 0 Å². The molecule has 108 valence electrons. The van der Waals surface area contributed by atoms with Gasteiger partial charge in [-0.2, -0.15) is 0 Å². The Hall–Kier alpha value is 0.0500. The summed E-state index contributed by atoms with van der Waals surface area (Å²) in [5.41, 5.74) is 0.325. The fourth-order valence-corrected chi connectivity index (χ4v) is 4.91. The molecular weight excluding hydrogens is 338 g/mol. The van der Waals surface area contributed by atoms with Gasteiger partial charge in [0.05, 0.1) is 25.7 Å². The molecule has 0 aromatic heterocycles. The zero-order valence-corrected chi connectivity index (χ0v) is 13.8. The van der Waals surface area contributed by atoms with Crippen molar-refractivity contribution >= 4 is 52.2 Å². The fraction of sp³-hybridized carbons (Fsp3) is 0.533. The van der Waals surface area contributed by atoms with Gasteiger partial charge in [-0.1, -0.05) is 52.8 Å². The standard InChI is InChI=1S/C15H14Cl4O/c16-10-6-11(17)14(18)15(19)13(10)12(20)5-9-4-7-1-2-8(9)3-7/h6-9H,1-5H2. The van der Waals surface area contributed by atoms with Crippen molar-refractivity contribution < 1.29 is 4.79 Å². The van der Waals surface area contributed by atoms with Gasteiger partial charge < -0.3 is 0 Å². The lowest BCUT2D eigenvalue weighted by Crippen LogP contribution is -2.16. The van der Waals surface area contributed by atoms with Crippen molar-refractivity contribution in [2.24, 2.45) is 17.8 Å². The minimum atomic E-state index is -0.0175. The summed E-state index contributed by atoms with van der Waals surface area (Å²) >= 11 is 24.2. The summed E-state index contributed by atoms with van der Waals surface area (Å²) in [5.74, 6) is 1.97. The maximum Gasteiger partial charge on any atom is 0.166 e. The molecule has 5 heteroatoms. The van der Waals surface area contributed by atoms with Crippen LogP contribution in [-0.4, -0.2) is 5.78 Å². The molecular formula is C15H14Cl4O. The second kappa shape index (κ2) is 5.68. The Morgan fingerprint density at radius 1 is 1.05 bits per heavy atom. The van der Waals surface area contributed by atoms with Crippen LogP contribution in [0, 0.1) is 17.8 Å². The van der Waals surface area contributed by atoms with Crippen molar-refractivity contribution in [2.75, 3.05) is 0 Å². The molecule has 20 heavy (non-hydrogen) atoms. The largest absolute Gasteiger partial charge is 0.294 e. The Balaban J connectivity index is 1.83. The smallest absolute Gasteiger partial charge is 0.166 e. The number of fused-ring (bicyclic) bond motifs is 2. The predicted octanol–water partition coefficient (Wildman–Crippen LogP) is 6.31. The van der Waals surface area contributed by atoms with E-state index in [0.29, 0.717) is 23.8 Å². The Bertz CT molecular complexity index is 569. The molecule has 2 saturated carbocycles. The van der Waals surface area contributed by atoms with Gasteiger partial charge >= 0.3 is 0 Å². The number of carbonyl (C=O) groups is 1. The first-order valence-electron chi connectivity index (χ1n) is 6.83. The van der Waals surface area contributed by atoms with E-state index in [1.165, 1.54) is 25.3 Å². The van der Waals surface area contributed by atoms with Gasteiger partial charge in [-0.3, -0.25) is 4.79 Å². The fourth-order valence-electron chi connectivity index (χ4n) is 3.79. The van der Waals surface area contributed by atoms with Gasteiger partial charge in [0.25, 0.3) is 0 Å². The van der Waals surface area contributed by atoms with Gasteiger partial charge in [0, 0.05) is 6.42 Å². The second-order valence-electron chi connectivity index (χ2n) is 5.91. The zero-order chi connectivity index (χ0) is 14.4. The van der Waals surface area contributed by atoms with Crippen LogP contribution in [-0.2, 0) is 0 Å². The summed E-state index contributed by atoms with van der Waals surface area (Å²) in [6.07, 6.45) is 5.53. The summed E-state index contributed by atoms with van der Waals surface area (Å²) in [6, 6.07) is 1.49. The lowest BCUT2D eigenvalue weighted by atomic mass is 9.84. The molecule has 2 bridgehead atoms. The molecule has 0 heterocycles. The number of halogens is 4. The van der Waals surface area contributed by atoms with Crippen LogP contribution in [0.3, 0.4) is 0 Å². The van der Waals surface area contributed by atoms with E-state index in [1.807, 2.05) is 0 Å². The second-order valence-corrected chi connectivity index (χ2v) is 7.48. The molecule has 1 aromatic carbocycles. The Morgan fingerprint density at radius 2 is 1.80 bits per heavy atom. The highest BCUT2D eigenvalue weighted by Crippen LogP contribution is 2.50. The van der Waals surface area contributed by atoms with E-state index in [0.717, 1.165) is 12.3 Å². The molecule has 0 saturated heterocycles. The highest BCUT2D eigenvalue weighted by atomic mass is 35.5. The number of hydrogen-bond acceptors (Lipinski definition) is 1. The summed E-state index contributed by atoms with van der Waals surface area (Å²) in [7, 11) is 0. The number of Topliss-reactive ketones (excluding diaryl/α,β-unsaturated/α-hetero) is 1. The molecule has 0 amide bonds. The van der Waals surface area contributed by atoms with Crippen LogP contribution in [0.15, 0.2) is 6.07 Å². The van der Waals surface area contributed by atoms with Crippen molar-refractivity contribution in [3.63, 3.8) is 0 Å². The van der Waals surface area contributed by atoms with Crippen LogP contribution in [0.25, 0.3) is 0 Å². The lowest BCUT2D eigenvalue weighted by Gasteiger charge is -2.21. The SMILES string of the molecule is O=C(CC1CC2CCC1C2)c1c(Cl)cc(Cl)c(Cl)c1Cl. The topological polar surface area (TPSA) is 17.1 Å². The maximum absolute atomic E-state index is 12.5. The Kier molecular flexibility index (Phi) is 4.25. The van der Waals surface area contributed by atoms with E-state index in [4.69, 9.17) is 46.4 Å². The monoisotopic (exact) mass is 350 g/mol. The van der Waals surface area contributed by atoms with Crippen molar-refractivity contribution in [2.45, 2.75) is 32.1 Å². The number of ketones is 1. The molecule has 2 fully saturated rings. The van der Waals surface area contributed by atoms with Crippen LogP contribution >= 0.6 is 46.4 Å². The van der Waals surface area contributed by atoms with Gasteiger partial charge in [-0.25, -0.2) is 0 Å². The maximum atomic E-state index is 12.5. The van der Waals surface area contributed by atoms with Crippen LogP contribution in [0.5, 0.6) is 0 Å². The van der Waals surface area contributed by atoms with Gasteiger partial charge in [0.15, 0.2) is 5.78 Å². The highest BCUT2D eigenvalue weighted by molar-refractivity contribution is 6.51. The lowest BCUT2D eigenvalue weighted by molar-refractivity contribution is 0.0944. The summed E-state index contributed by atoms with van der Waals surface area (Å²) < 4.78 is 0. The van der Waals surface area contributed by atoms with Crippen LogP contribution in [0.2, 0.25) is 20.1 Å². The molecule has 1 nitrogen and oxygen atoms in total. The van der Waals surface area contributed by atoms with Crippen LogP contribution in [0.1, 0.15) is 42.5 Å². The number of benzene rings is 1. The third-order valence-corrected chi connectivity index (χ3v) is 6.29. The third-order valence-electron chi connectivity index (χ3n) is 4.73. The minimum absolute atomic E-state index is 0.0175. The predicted molar refractivity (Wildman–Crippen MR) is 84.4 cm³/mol. The highest BCUT2D eigenvalue weighted by Gasteiger charge is 2.40. The van der Waals surface area contributed by atoms with Gasteiger partial charge in [-0.15, -0.1) is 0 Å². The first-order valence-corrected chi connectivity index (χ1v) is 8.34. The minimum Gasteiger partial charge on any atom is -0.294 e. The van der Waals surface area contributed by atoms with E-state index < -0.39 is 0 Å². The molecule has 0 radical (unpaired) electrons. The molecule has 0 N–H and O–H groups in total. The van der Waals surface area contributed by atoms with Gasteiger partial charge in [-0.05, 0) is 43.1 Å². The molecule has 2 aliphatic rings. The molecule has 3 atom stereocenters. The van der Waals surface area contributed by atoms with E-state index in [-0.39, 0.29) is 25.9 Å². The van der Waals surface area contributed by atoms with E-state index in [9.17, 15) is 4.79 Å². The Labute approximate surface area is 138 Å². The molecule has 0 aliphatic heterocycles. The summed E-state index contributed by atoms with van der Waals surface area (Å²) in [4.78, 5) is 12.5. The first-order chi connectivity index (χ1) is 9.47. The van der Waals surface area contributed by atoms with E-state index in [1.54, 1.807) is 0 Å². The van der Waals surface area contributed by atoms with Gasteiger partial charge in [0.1, 0.15) is 0 Å². The molecule has 1 aromatic rings. The number of carbonyl (C=O) groups excluding carboxylic acids is 1. The van der Waals surface area contributed by atoms with Crippen LogP contribution < -0.4 is 0 Å². The van der Waals surface area contributed by atoms with Crippen LogP contribution in [0.4, 0.5) is 0 Å². The molecule has 3 unspecified atom stereocenters. The molecule has 0 spiro atoms. The third kappa shape index (κ3) is 2.59. The van der Waals surface area contributed by atoms with E-state index >= 15 is 0 Å². The average molecular weight is 352 g/mol. The normalized spacial score (nSPS) is 28.1.